The number of hydrogen-bond acceptors (Lipinski definition) is 5. The molecule has 0 bridgehead atoms. The molecule has 0 saturated heterocycles. The number of nitrogens with zero attached hydrogens (tertiary/aromatic N) is 6. The summed E-state index contributed by atoms with van der Waals surface area (Å²) in [6.45, 7) is 2.23. The first kappa shape index (κ1) is 19.5. The summed E-state index contributed by atoms with van der Waals surface area (Å²) in [4.78, 5) is 20.7. The summed E-state index contributed by atoms with van der Waals surface area (Å²) in [7, 11) is 0. The van der Waals surface area contributed by atoms with Crippen LogP contribution in [-0.4, -0.2) is 36.1 Å². The Morgan fingerprint density at radius 3 is 2.97 bits per heavy atom. The molecule has 0 unspecified atom stereocenters. The van der Waals surface area contributed by atoms with Crippen molar-refractivity contribution in [3.8, 4) is 17.3 Å². The fraction of sp³-hybridized carbons (Fsp3) is 0.150. The number of benzene rings is 1. The number of hydrogen-bond donors (Lipinski definition) is 1. The van der Waals surface area contributed by atoms with E-state index in [1.165, 1.54) is 12.1 Å². The predicted molar refractivity (Wildman–Crippen MR) is 107 cm³/mol. The lowest BCUT2D eigenvalue weighted by molar-refractivity contribution is 0.0931. The minimum atomic E-state index is -0.697. The van der Waals surface area contributed by atoms with Crippen LogP contribution in [0.1, 0.15) is 23.0 Å². The highest BCUT2D eigenvalue weighted by molar-refractivity contribution is 6.32. The number of imidazole rings is 1. The van der Waals surface area contributed by atoms with Gasteiger partial charge in [0.25, 0.3) is 5.91 Å². The molecule has 1 aromatic carbocycles. The van der Waals surface area contributed by atoms with Crippen LogP contribution in [0.15, 0.2) is 49.1 Å². The van der Waals surface area contributed by atoms with Crippen molar-refractivity contribution < 1.29 is 9.18 Å². The second-order valence-corrected chi connectivity index (χ2v) is 7.08. The molecular formula is C20H15ClFN7O. The summed E-state index contributed by atoms with van der Waals surface area (Å²) >= 11 is 5.96. The van der Waals surface area contributed by atoms with Crippen LogP contribution in [0.4, 0.5) is 4.39 Å². The van der Waals surface area contributed by atoms with Crippen LogP contribution >= 0.6 is 11.6 Å². The van der Waals surface area contributed by atoms with Crippen molar-refractivity contribution in [2.75, 3.05) is 0 Å². The van der Waals surface area contributed by atoms with Crippen LogP contribution in [0.2, 0.25) is 5.02 Å². The number of nitrogens with one attached hydrogen (secondary N) is 1. The van der Waals surface area contributed by atoms with Crippen molar-refractivity contribution in [1.29, 1.82) is 5.26 Å². The smallest absolute Gasteiger partial charge is 0.271 e. The van der Waals surface area contributed by atoms with Crippen LogP contribution in [0.5, 0.6) is 0 Å². The van der Waals surface area contributed by atoms with E-state index in [2.05, 4.69) is 20.4 Å². The van der Waals surface area contributed by atoms with Crippen LogP contribution in [0.3, 0.4) is 0 Å². The average Bonchev–Trinajstić information content (AvgIpc) is 3.34. The second kappa shape index (κ2) is 7.93. The van der Waals surface area contributed by atoms with E-state index in [4.69, 9.17) is 16.9 Å². The highest BCUT2D eigenvalue weighted by Crippen LogP contribution is 2.26. The number of nitriles is 1. The van der Waals surface area contributed by atoms with Crippen molar-refractivity contribution in [3.05, 3.63) is 71.2 Å². The topological polar surface area (TPSA) is 101 Å². The number of fused-ring (bicyclic) bond motifs is 1. The van der Waals surface area contributed by atoms with Gasteiger partial charge in [0, 0.05) is 36.4 Å². The minimum absolute atomic E-state index is 0.0321. The molecule has 0 aliphatic carbocycles. The normalized spacial score (nSPS) is 11.9. The molecule has 3 heterocycles. The van der Waals surface area contributed by atoms with Gasteiger partial charge < -0.3 is 5.32 Å². The molecule has 3 aromatic heterocycles. The van der Waals surface area contributed by atoms with Crippen LogP contribution < -0.4 is 5.32 Å². The van der Waals surface area contributed by atoms with Gasteiger partial charge in [0.05, 0.1) is 17.3 Å². The van der Waals surface area contributed by atoms with E-state index in [1.54, 1.807) is 52.1 Å². The summed E-state index contributed by atoms with van der Waals surface area (Å²) in [5.74, 6) is -0.571. The molecule has 0 aliphatic heterocycles. The highest BCUT2D eigenvalue weighted by atomic mass is 35.5. The summed E-state index contributed by atoms with van der Waals surface area (Å²) < 4.78 is 17.3. The second-order valence-electron chi connectivity index (χ2n) is 6.68. The first-order chi connectivity index (χ1) is 14.4. The molecule has 0 saturated carbocycles. The fourth-order valence-electron chi connectivity index (χ4n) is 3.01. The third kappa shape index (κ3) is 3.86. The zero-order valence-corrected chi connectivity index (χ0v) is 16.5. The van der Waals surface area contributed by atoms with Crippen LogP contribution in [0.25, 0.3) is 17.0 Å². The molecular weight excluding hydrogens is 409 g/mol. The van der Waals surface area contributed by atoms with Gasteiger partial charge in [-0.1, -0.05) is 11.6 Å². The molecule has 0 spiro atoms. The standard InChI is InChI=1S/C20H15ClFN7O/c1-12(25-19(30)18-11-28-5-2-4-24-20(28)26-18)10-29-6-3-17(27-29)13-7-15(21)14(9-23)16(22)8-13/h2-8,11-12H,10H2,1H3,(H,25,30)/t12-/m0/s1. The van der Waals surface area contributed by atoms with Crippen molar-refractivity contribution in [2.24, 2.45) is 0 Å². The molecule has 1 amide bonds. The molecule has 10 heteroatoms. The number of carbonyl (C=O) groups excluding carboxylic acids is 1. The molecule has 4 rings (SSSR count). The van der Waals surface area contributed by atoms with Crippen molar-refractivity contribution in [2.45, 2.75) is 19.5 Å². The van der Waals surface area contributed by atoms with Crippen molar-refractivity contribution >= 4 is 23.3 Å². The molecule has 0 aliphatic rings. The largest absolute Gasteiger partial charge is 0.346 e. The van der Waals surface area contributed by atoms with Gasteiger partial charge in [0.2, 0.25) is 5.78 Å². The van der Waals surface area contributed by atoms with E-state index in [9.17, 15) is 9.18 Å². The first-order valence-electron chi connectivity index (χ1n) is 8.98. The summed E-state index contributed by atoms with van der Waals surface area (Å²) in [5, 5.41) is 16.2. The van der Waals surface area contributed by atoms with E-state index in [0.717, 1.165) is 0 Å². The molecule has 30 heavy (non-hydrogen) atoms. The number of rotatable bonds is 5. The van der Waals surface area contributed by atoms with Gasteiger partial charge in [-0.05, 0) is 31.2 Å². The lowest BCUT2D eigenvalue weighted by Gasteiger charge is -2.13. The lowest BCUT2D eigenvalue weighted by atomic mass is 10.1. The molecule has 4 aromatic rings. The lowest BCUT2D eigenvalue weighted by Crippen LogP contribution is -2.36. The molecule has 0 fully saturated rings. The molecule has 150 valence electrons. The average molecular weight is 424 g/mol. The SMILES string of the molecule is C[C@@H](Cn1ccc(-c2cc(F)c(C#N)c(Cl)c2)n1)NC(=O)c1cn2cccnc2n1. The van der Waals surface area contributed by atoms with Crippen molar-refractivity contribution in [1.82, 2.24) is 29.5 Å². The number of amides is 1. The Morgan fingerprint density at radius 1 is 1.40 bits per heavy atom. The monoisotopic (exact) mass is 423 g/mol. The zero-order valence-electron chi connectivity index (χ0n) is 15.8. The van der Waals surface area contributed by atoms with Gasteiger partial charge in [-0.3, -0.25) is 13.9 Å². The van der Waals surface area contributed by atoms with E-state index in [0.29, 0.717) is 23.6 Å². The number of aromatic nitrogens is 5. The summed E-state index contributed by atoms with van der Waals surface area (Å²) in [6.07, 6.45) is 6.70. The van der Waals surface area contributed by atoms with E-state index in [1.807, 2.05) is 6.92 Å². The Bertz CT molecular complexity index is 1230. The van der Waals surface area contributed by atoms with Gasteiger partial charge in [-0.25, -0.2) is 14.4 Å². The Morgan fingerprint density at radius 2 is 2.23 bits per heavy atom. The number of halogens is 2. The van der Waals surface area contributed by atoms with Crippen LogP contribution in [-0.2, 0) is 6.54 Å². The fourth-order valence-corrected chi connectivity index (χ4v) is 3.26. The highest BCUT2D eigenvalue weighted by Gasteiger charge is 2.16. The maximum Gasteiger partial charge on any atom is 0.271 e. The van der Waals surface area contributed by atoms with E-state index < -0.39 is 5.82 Å². The summed E-state index contributed by atoms with van der Waals surface area (Å²) in [6, 6.07) is 7.66. The Hall–Kier alpha value is -3.77. The first-order valence-corrected chi connectivity index (χ1v) is 9.36. The van der Waals surface area contributed by atoms with Gasteiger partial charge in [0.15, 0.2) is 0 Å². The Kier molecular flexibility index (Phi) is 5.16. The van der Waals surface area contributed by atoms with Gasteiger partial charge in [0.1, 0.15) is 23.1 Å². The third-order valence-corrected chi connectivity index (χ3v) is 4.69. The minimum Gasteiger partial charge on any atom is -0.346 e. The summed E-state index contributed by atoms with van der Waals surface area (Å²) in [5.41, 5.74) is 1.04. The molecule has 1 atom stereocenters. The van der Waals surface area contributed by atoms with Crippen molar-refractivity contribution in [3.63, 3.8) is 0 Å². The third-order valence-electron chi connectivity index (χ3n) is 4.40. The molecule has 8 nitrogen and oxygen atoms in total. The Balaban J connectivity index is 1.44. The zero-order chi connectivity index (χ0) is 21.3. The Labute approximate surface area is 175 Å². The molecule has 1 N–H and O–H groups in total. The van der Waals surface area contributed by atoms with E-state index >= 15 is 0 Å². The molecule has 0 radical (unpaired) electrons. The van der Waals surface area contributed by atoms with Crippen LogP contribution in [0, 0.1) is 17.1 Å². The maximum absolute atomic E-state index is 14.0. The van der Waals surface area contributed by atoms with Gasteiger partial charge in [-0.15, -0.1) is 0 Å². The van der Waals surface area contributed by atoms with Gasteiger partial charge in [-0.2, -0.15) is 10.4 Å². The quantitative estimate of drug-likeness (QED) is 0.531. The maximum atomic E-state index is 14.0. The van der Waals surface area contributed by atoms with Gasteiger partial charge >= 0.3 is 0 Å². The predicted octanol–water partition coefficient (Wildman–Crippen LogP) is 3.08. The van der Waals surface area contributed by atoms with E-state index in [-0.39, 0.29) is 28.2 Å². The number of carbonyl (C=O) groups is 1.